The normalized spacial score (nSPS) is 13.1. The summed E-state index contributed by atoms with van der Waals surface area (Å²) < 4.78 is 63.6. The fourth-order valence-electron chi connectivity index (χ4n) is 1.50. The Morgan fingerprint density at radius 2 is 2.00 bits per heavy atom. The molecule has 1 rings (SSSR count). The van der Waals surface area contributed by atoms with Crippen LogP contribution in [0.25, 0.3) is 0 Å². The maximum atomic E-state index is 13.8. The number of carboxylic acids is 1. The molecular weight excluding hydrogens is 328 g/mol. The van der Waals surface area contributed by atoms with E-state index in [0.717, 1.165) is 0 Å². The van der Waals surface area contributed by atoms with Crippen LogP contribution in [0.15, 0.2) is 17.0 Å². The van der Waals surface area contributed by atoms with Crippen molar-refractivity contribution < 1.29 is 31.3 Å². The molecule has 118 valence electrons. The predicted molar refractivity (Wildman–Crippen MR) is 72.1 cm³/mol. The van der Waals surface area contributed by atoms with Crippen LogP contribution in [-0.2, 0) is 20.8 Å². The molecule has 0 radical (unpaired) electrons. The van der Waals surface area contributed by atoms with E-state index in [4.69, 9.17) is 5.11 Å². The van der Waals surface area contributed by atoms with Crippen LogP contribution >= 0.6 is 0 Å². The first-order chi connectivity index (χ1) is 9.66. The van der Waals surface area contributed by atoms with E-state index in [-0.39, 0.29) is 18.7 Å². The number of rotatable bonds is 7. The second kappa shape index (κ2) is 7.05. The van der Waals surface area contributed by atoms with Crippen molar-refractivity contribution in [1.29, 1.82) is 0 Å². The largest absolute Gasteiger partial charge is 0.477 e. The van der Waals surface area contributed by atoms with Crippen LogP contribution in [0.4, 0.5) is 8.78 Å². The Morgan fingerprint density at radius 3 is 2.52 bits per heavy atom. The zero-order valence-corrected chi connectivity index (χ0v) is 12.6. The molecule has 6 nitrogen and oxygen atoms in total. The smallest absolute Gasteiger partial charge is 0.341 e. The van der Waals surface area contributed by atoms with E-state index in [1.807, 2.05) is 4.72 Å². The van der Waals surface area contributed by atoms with Crippen LogP contribution in [0.3, 0.4) is 0 Å². The molecule has 1 atom stereocenters. The fraction of sp³-hybridized carbons (Fsp3) is 0.364. The molecule has 0 bridgehead atoms. The van der Waals surface area contributed by atoms with Crippen molar-refractivity contribution in [2.45, 2.75) is 11.3 Å². The molecule has 0 aromatic heterocycles. The SMILES string of the molecule is CS(=O)CCCNS(=O)(=O)c1ccc(F)c(C(=O)O)c1F. The maximum Gasteiger partial charge on any atom is 0.341 e. The molecule has 0 aliphatic rings. The van der Waals surface area contributed by atoms with E-state index in [2.05, 4.69) is 0 Å². The lowest BCUT2D eigenvalue weighted by molar-refractivity contribution is 0.0685. The second-order valence-electron chi connectivity index (χ2n) is 4.07. The van der Waals surface area contributed by atoms with Crippen LogP contribution in [0.5, 0.6) is 0 Å². The number of carboxylic acid groups (broad SMARTS) is 1. The van der Waals surface area contributed by atoms with E-state index in [0.29, 0.717) is 12.1 Å². The molecule has 0 spiro atoms. The quantitative estimate of drug-likeness (QED) is 0.712. The van der Waals surface area contributed by atoms with E-state index < -0.39 is 48.9 Å². The Morgan fingerprint density at radius 1 is 1.38 bits per heavy atom. The third kappa shape index (κ3) is 4.55. The van der Waals surface area contributed by atoms with Crippen LogP contribution in [-0.4, -0.2) is 42.3 Å². The van der Waals surface area contributed by atoms with Gasteiger partial charge in [0.1, 0.15) is 16.3 Å². The van der Waals surface area contributed by atoms with Crippen LogP contribution in [0.1, 0.15) is 16.8 Å². The van der Waals surface area contributed by atoms with Gasteiger partial charge >= 0.3 is 5.97 Å². The fourth-order valence-corrected chi connectivity index (χ4v) is 3.20. The van der Waals surface area contributed by atoms with Gasteiger partial charge in [0.25, 0.3) is 0 Å². The summed E-state index contributed by atoms with van der Waals surface area (Å²) in [4.78, 5) is 9.78. The highest BCUT2D eigenvalue weighted by atomic mass is 32.2. The zero-order valence-electron chi connectivity index (χ0n) is 10.9. The molecule has 0 aliphatic heterocycles. The summed E-state index contributed by atoms with van der Waals surface area (Å²) in [5, 5.41) is 8.68. The first kappa shape index (κ1) is 17.7. The van der Waals surface area contributed by atoms with Crippen molar-refractivity contribution in [2.24, 2.45) is 0 Å². The summed E-state index contributed by atoms with van der Waals surface area (Å²) in [6, 6.07) is 1.22. The highest BCUT2D eigenvalue weighted by molar-refractivity contribution is 7.89. The first-order valence-electron chi connectivity index (χ1n) is 5.68. The number of halogens is 2. The minimum atomic E-state index is -4.32. The average Bonchev–Trinajstić information content (AvgIpc) is 2.33. The molecule has 2 N–H and O–H groups in total. The van der Waals surface area contributed by atoms with E-state index in [1.54, 1.807) is 0 Å². The Balaban J connectivity index is 3.01. The molecule has 0 saturated heterocycles. The van der Waals surface area contributed by atoms with Crippen molar-refractivity contribution in [3.63, 3.8) is 0 Å². The van der Waals surface area contributed by atoms with Gasteiger partial charge in [0, 0.05) is 29.4 Å². The topological polar surface area (TPSA) is 101 Å². The van der Waals surface area contributed by atoms with Crippen molar-refractivity contribution in [1.82, 2.24) is 4.72 Å². The average molecular weight is 341 g/mol. The Kier molecular flexibility index (Phi) is 5.93. The van der Waals surface area contributed by atoms with Crippen molar-refractivity contribution in [3.8, 4) is 0 Å². The summed E-state index contributed by atoms with van der Waals surface area (Å²) in [5.74, 6) is -4.66. The molecule has 10 heteroatoms. The molecule has 21 heavy (non-hydrogen) atoms. The van der Waals surface area contributed by atoms with Gasteiger partial charge in [-0.1, -0.05) is 0 Å². The summed E-state index contributed by atoms with van der Waals surface area (Å²) in [6.45, 7) is -0.0961. The van der Waals surface area contributed by atoms with Gasteiger partial charge in [-0.25, -0.2) is 26.7 Å². The van der Waals surface area contributed by atoms with Crippen molar-refractivity contribution in [3.05, 3.63) is 29.3 Å². The standard InChI is InChI=1S/C11H13F2NO5S2/c1-20(17)6-2-5-14-21(18,19)8-4-3-7(12)9(10(8)13)11(15)16/h3-4,14H,2,5-6H2,1H3,(H,15,16). The second-order valence-corrected chi connectivity index (χ2v) is 7.36. The van der Waals surface area contributed by atoms with Crippen LogP contribution in [0, 0.1) is 11.6 Å². The number of aromatic carboxylic acids is 1. The lowest BCUT2D eigenvalue weighted by atomic mass is 10.2. The Bertz CT molecular complexity index is 675. The number of carbonyl (C=O) groups is 1. The summed E-state index contributed by atoms with van der Waals surface area (Å²) in [5.41, 5.74) is -1.33. The number of nitrogens with one attached hydrogen (secondary N) is 1. The molecule has 1 unspecified atom stereocenters. The van der Waals surface area contributed by atoms with Gasteiger partial charge in [0.15, 0.2) is 5.82 Å². The summed E-state index contributed by atoms with van der Waals surface area (Å²) >= 11 is 0. The van der Waals surface area contributed by atoms with E-state index in [1.165, 1.54) is 6.26 Å². The third-order valence-electron chi connectivity index (χ3n) is 2.46. The predicted octanol–water partition coefficient (Wildman–Crippen LogP) is 0.710. The van der Waals surface area contributed by atoms with Gasteiger partial charge in [-0.15, -0.1) is 0 Å². The van der Waals surface area contributed by atoms with Gasteiger partial charge in [-0.2, -0.15) is 0 Å². The molecule has 0 saturated carbocycles. The van der Waals surface area contributed by atoms with Crippen molar-refractivity contribution in [2.75, 3.05) is 18.6 Å². The molecule has 0 aliphatic carbocycles. The zero-order chi connectivity index (χ0) is 16.2. The van der Waals surface area contributed by atoms with E-state index >= 15 is 0 Å². The van der Waals surface area contributed by atoms with Gasteiger partial charge < -0.3 is 5.11 Å². The van der Waals surface area contributed by atoms with Gasteiger partial charge in [-0.05, 0) is 18.6 Å². The lowest BCUT2D eigenvalue weighted by Gasteiger charge is -2.09. The molecule has 0 fully saturated rings. The lowest BCUT2D eigenvalue weighted by Crippen LogP contribution is -2.27. The highest BCUT2D eigenvalue weighted by Crippen LogP contribution is 2.21. The summed E-state index contributed by atoms with van der Waals surface area (Å²) in [7, 11) is -5.41. The van der Waals surface area contributed by atoms with Gasteiger partial charge in [0.2, 0.25) is 10.0 Å². The van der Waals surface area contributed by atoms with Crippen LogP contribution < -0.4 is 4.72 Å². The van der Waals surface area contributed by atoms with Gasteiger partial charge in [0.05, 0.1) is 0 Å². The third-order valence-corrected chi connectivity index (χ3v) is 4.80. The maximum absolute atomic E-state index is 13.8. The molecular formula is C11H13F2NO5S2. The monoisotopic (exact) mass is 341 g/mol. The highest BCUT2D eigenvalue weighted by Gasteiger charge is 2.26. The van der Waals surface area contributed by atoms with Crippen molar-refractivity contribution >= 4 is 26.8 Å². The number of sulfonamides is 1. The van der Waals surface area contributed by atoms with E-state index in [9.17, 15) is 26.2 Å². The number of hydrogen-bond donors (Lipinski definition) is 2. The number of benzene rings is 1. The minimum absolute atomic E-state index is 0.0961. The molecule has 0 heterocycles. The molecule has 1 aromatic rings. The first-order valence-corrected chi connectivity index (χ1v) is 8.89. The van der Waals surface area contributed by atoms with Gasteiger partial charge in [-0.3, -0.25) is 4.21 Å². The molecule has 1 aromatic carbocycles. The minimum Gasteiger partial charge on any atom is -0.477 e. The number of hydrogen-bond acceptors (Lipinski definition) is 4. The summed E-state index contributed by atoms with van der Waals surface area (Å²) in [6.07, 6.45) is 1.71. The van der Waals surface area contributed by atoms with Crippen LogP contribution in [0.2, 0.25) is 0 Å². The Labute approximate surface area is 122 Å². The molecule has 0 amide bonds. The Hall–Kier alpha value is -1.39.